The summed E-state index contributed by atoms with van der Waals surface area (Å²) in [4.78, 5) is 19.3. The number of ether oxygens (including phenoxy) is 1. The lowest BCUT2D eigenvalue weighted by Crippen LogP contribution is -2.43. The summed E-state index contributed by atoms with van der Waals surface area (Å²) in [5.41, 5.74) is 2.34. The molecule has 9 heteroatoms. The number of aromatic amines is 1. The lowest BCUT2D eigenvalue weighted by Gasteiger charge is -2.28. The minimum absolute atomic E-state index is 0.151. The standard InChI is InChI=1S/C25H29FN6OS/c26-18-12-21(20-1-2-28-22(20)13-18)23-14-24(32-7-9-33-10-8-32)30-25(29-23)17-11-19(34-16-17)15-31-5-3-27-4-6-31/h1-2,11-14,17,27-28H,3-10,15-16H2. The highest BCUT2D eigenvalue weighted by atomic mass is 32.2. The summed E-state index contributed by atoms with van der Waals surface area (Å²) < 4.78 is 20.0. The first kappa shape index (κ1) is 22.0. The van der Waals surface area contributed by atoms with Crippen molar-refractivity contribution in [2.24, 2.45) is 0 Å². The first-order valence-corrected chi connectivity index (χ1v) is 13.0. The molecule has 34 heavy (non-hydrogen) atoms. The number of rotatable bonds is 5. The summed E-state index contributed by atoms with van der Waals surface area (Å²) in [7, 11) is 0. The molecule has 1 atom stereocenters. The van der Waals surface area contributed by atoms with Crippen molar-refractivity contribution < 1.29 is 9.13 Å². The van der Waals surface area contributed by atoms with Crippen LogP contribution in [-0.4, -0.2) is 84.6 Å². The summed E-state index contributed by atoms with van der Waals surface area (Å²) >= 11 is 1.91. The highest BCUT2D eigenvalue weighted by molar-refractivity contribution is 8.03. The third kappa shape index (κ3) is 4.57. The molecule has 2 N–H and O–H groups in total. The van der Waals surface area contributed by atoms with E-state index in [1.165, 1.54) is 11.0 Å². The van der Waals surface area contributed by atoms with Crippen LogP contribution in [0.4, 0.5) is 10.2 Å². The number of morpholine rings is 1. The molecule has 2 saturated heterocycles. The molecule has 0 amide bonds. The average Bonchev–Trinajstić information content (AvgIpc) is 3.54. The highest BCUT2D eigenvalue weighted by Crippen LogP contribution is 2.37. The van der Waals surface area contributed by atoms with Gasteiger partial charge in [0.1, 0.15) is 17.5 Å². The Balaban J connectivity index is 1.37. The molecule has 6 rings (SSSR count). The van der Waals surface area contributed by atoms with E-state index in [0.717, 1.165) is 85.4 Å². The number of halogens is 1. The van der Waals surface area contributed by atoms with Gasteiger partial charge in [0, 0.05) is 86.2 Å². The van der Waals surface area contributed by atoms with Crippen molar-refractivity contribution in [2.75, 3.05) is 69.7 Å². The van der Waals surface area contributed by atoms with E-state index >= 15 is 0 Å². The van der Waals surface area contributed by atoms with E-state index in [9.17, 15) is 4.39 Å². The number of hydrogen-bond donors (Lipinski definition) is 2. The molecule has 3 aliphatic rings. The second-order valence-corrected chi connectivity index (χ2v) is 10.2. The predicted octanol–water partition coefficient (Wildman–Crippen LogP) is 3.22. The molecular weight excluding hydrogens is 451 g/mol. The number of allylic oxidation sites excluding steroid dienone is 1. The average molecular weight is 481 g/mol. The fourth-order valence-electron chi connectivity index (χ4n) is 4.91. The second-order valence-electron chi connectivity index (χ2n) is 9.04. The molecule has 1 unspecified atom stereocenters. The number of thioether (sulfide) groups is 1. The van der Waals surface area contributed by atoms with Crippen LogP contribution in [0.15, 0.2) is 41.4 Å². The molecule has 178 valence electrons. The number of fused-ring (bicyclic) bond motifs is 1. The summed E-state index contributed by atoms with van der Waals surface area (Å²) in [5, 5.41) is 4.38. The maximum absolute atomic E-state index is 14.5. The Bertz CT molecular complexity index is 1200. The third-order valence-corrected chi connectivity index (χ3v) is 7.89. The van der Waals surface area contributed by atoms with Gasteiger partial charge in [-0.2, -0.15) is 0 Å². The van der Waals surface area contributed by atoms with Crippen molar-refractivity contribution in [2.45, 2.75) is 5.92 Å². The zero-order chi connectivity index (χ0) is 22.9. The Morgan fingerprint density at radius 3 is 2.79 bits per heavy atom. The van der Waals surface area contributed by atoms with E-state index in [4.69, 9.17) is 14.7 Å². The number of anilines is 1. The number of hydrogen-bond acceptors (Lipinski definition) is 7. The van der Waals surface area contributed by atoms with Gasteiger partial charge in [-0.1, -0.05) is 6.08 Å². The minimum Gasteiger partial charge on any atom is -0.378 e. The van der Waals surface area contributed by atoms with E-state index in [1.54, 1.807) is 6.07 Å². The van der Waals surface area contributed by atoms with E-state index < -0.39 is 0 Å². The van der Waals surface area contributed by atoms with E-state index in [-0.39, 0.29) is 11.7 Å². The number of benzene rings is 1. The molecule has 0 saturated carbocycles. The second kappa shape index (κ2) is 9.65. The summed E-state index contributed by atoms with van der Waals surface area (Å²) in [6.45, 7) is 8.23. The van der Waals surface area contributed by atoms with Gasteiger partial charge in [-0.05, 0) is 23.1 Å². The molecule has 2 fully saturated rings. The van der Waals surface area contributed by atoms with Crippen LogP contribution in [0.2, 0.25) is 0 Å². The summed E-state index contributed by atoms with van der Waals surface area (Å²) in [5.74, 6) is 2.53. The molecule has 7 nitrogen and oxygen atoms in total. The molecule has 3 aromatic rings. The van der Waals surface area contributed by atoms with Gasteiger partial charge in [-0.15, -0.1) is 11.8 Å². The molecule has 0 bridgehead atoms. The number of nitrogens with one attached hydrogen (secondary N) is 2. The molecule has 5 heterocycles. The van der Waals surface area contributed by atoms with E-state index in [2.05, 4.69) is 26.2 Å². The van der Waals surface area contributed by atoms with Gasteiger partial charge in [0.15, 0.2) is 0 Å². The van der Waals surface area contributed by atoms with Crippen LogP contribution in [0.5, 0.6) is 0 Å². The molecule has 1 aromatic carbocycles. The zero-order valence-corrected chi connectivity index (χ0v) is 19.9. The Hall–Kier alpha value is -2.46. The van der Waals surface area contributed by atoms with Gasteiger partial charge < -0.3 is 19.9 Å². The van der Waals surface area contributed by atoms with E-state index in [0.29, 0.717) is 13.2 Å². The Labute approximate surface area is 202 Å². The van der Waals surface area contributed by atoms with Crippen molar-refractivity contribution in [3.8, 4) is 11.3 Å². The summed E-state index contributed by atoms with van der Waals surface area (Å²) in [6, 6.07) is 7.10. The molecule has 0 radical (unpaired) electrons. The van der Waals surface area contributed by atoms with Crippen LogP contribution in [0.25, 0.3) is 22.2 Å². The number of nitrogens with zero attached hydrogens (tertiary/aromatic N) is 4. The lowest BCUT2D eigenvalue weighted by atomic mass is 10.0. The van der Waals surface area contributed by atoms with Gasteiger partial charge in [0.2, 0.25) is 0 Å². The zero-order valence-electron chi connectivity index (χ0n) is 19.1. The van der Waals surface area contributed by atoms with Crippen LogP contribution in [-0.2, 0) is 4.74 Å². The SMILES string of the molecule is Fc1cc(-c2cc(N3CCOCC3)nc(C3C=C(CN4CCNCC4)SC3)n2)c2cc[nH]c2c1. The minimum atomic E-state index is -0.271. The first-order valence-electron chi connectivity index (χ1n) is 12.0. The number of piperazine rings is 1. The van der Waals surface area contributed by atoms with Crippen molar-refractivity contribution >= 4 is 28.5 Å². The van der Waals surface area contributed by atoms with Gasteiger partial charge >= 0.3 is 0 Å². The Kier molecular flexibility index (Phi) is 6.26. The topological polar surface area (TPSA) is 69.3 Å². The normalized spacial score (nSPS) is 21.9. The van der Waals surface area contributed by atoms with Gasteiger partial charge in [0.25, 0.3) is 0 Å². The van der Waals surface area contributed by atoms with Crippen LogP contribution in [0.3, 0.4) is 0 Å². The van der Waals surface area contributed by atoms with E-state index in [1.807, 2.05) is 30.1 Å². The summed E-state index contributed by atoms with van der Waals surface area (Å²) in [6.07, 6.45) is 4.18. The van der Waals surface area contributed by atoms with Crippen molar-refractivity contribution in [1.82, 2.24) is 25.2 Å². The van der Waals surface area contributed by atoms with Crippen molar-refractivity contribution in [3.05, 3.63) is 53.1 Å². The van der Waals surface area contributed by atoms with Crippen LogP contribution >= 0.6 is 11.8 Å². The predicted molar refractivity (Wildman–Crippen MR) is 135 cm³/mol. The fraction of sp³-hybridized carbons (Fsp3) is 0.440. The van der Waals surface area contributed by atoms with Crippen molar-refractivity contribution in [1.29, 1.82) is 0 Å². The molecule has 0 aliphatic carbocycles. The quantitative estimate of drug-likeness (QED) is 0.581. The molecule has 2 aromatic heterocycles. The van der Waals surface area contributed by atoms with Crippen LogP contribution < -0.4 is 10.2 Å². The van der Waals surface area contributed by atoms with Crippen LogP contribution in [0.1, 0.15) is 11.7 Å². The molecular formula is C25H29FN6OS. The maximum Gasteiger partial charge on any atom is 0.139 e. The van der Waals surface area contributed by atoms with Gasteiger partial charge in [-0.25, -0.2) is 14.4 Å². The molecule has 3 aliphatic heterocycles. The smallest absolute Gasteiger partial charge is 0.139 e. The van der Waals surface area contributed by atoms with Crippen molar-refractivity contribution in [3.63, 3.8) is 0 Å². The first-order chi connectivity index (χ1) is 16.7. The largest absolute Gasteiger partial charge is 0.378 e. The van der Waals surface area contributed by atoms with Crippen LogP contribution in [0, 0.1) is 5.82 Å². The Morgan fingerprint density at radius 2 is 1.94 bits per heavy atom. The number of H-pyrrole nitrogens is 1. The lowest BCUT2D eigenvalue weighted by molar-refractivity contribution is 0.122. The maximum atomic E-state index is 14.5. The molecule has 0 spiro atoms. The Morgan fingerprint density at radius 1 is 1.09 bits per heavy atom. The van der Waals surface area contributed by atoms with Gasteiger partial charge in [-0.3, -0.25) is 4.90 Å². The fourth-order valence-corrected chi connectivity index (χ4v) is 6.08. The third-order valence-electron chi connectivity index (χ3n) is 6.73. The monoisotopic (exact) mass is 480 g/mol. The number of aromatic nitrogens is 3. The van der Waals surface area contributed by atoms with Gasteiger partial charge in [0.05, 0.1) is 18.9 Å². The highest BCUT2D eigenvalue weighted by Gasteiger charge is 2.25.